The van der Waals surface area contributed by atoms with Gasteiger partial charge in [-0.05, 0) is 18.1 Å². The molecular weight excluding hydrogens is 270 g/mol. The van der Waals surface area contributed by atoms with Crippen LogP contribution < -0.4 is 0 Å². The van der Waals surface area contributed by atoms with Crippen molar-refractivity contribution in [1.82, 2.24) is 4.90 Å². The predicted octanol–water partition coefficient (Wildman–Crippen LogP) is 4.26. The molecule has 1 aliphatic heterocycles. The maximum Gasteiger partial charge on any atom is 0.138 e. The summed E-state index contributed by atoms with van der Waals surface area (Å²) in [6.07, 6.45) is 1.02. The van der Waals surface area contributed by atoms with Crippen LogP contribution in [0.4, 0.5) is 0 Å². The summed E-state index contributed by atoms with van der Waals surface area (Å²) in [6.45, 7) is 2.71. The molecular formula is C17H18ClNO. The molecule has 2 aromatic rings. The lowest BCUT2D eigenvalue weighted by molar-refractivity contribution is -0.103. The minimum absolute atomic E-state index is 0.0438. The summed E-state index contributed by atoms with van der Waals surface area (Å²) < 4.78 is 5.97. The molecule has 20 heavy (non-hydrogen) atoms. The van der Waals surface area contributed by atoms with Crippen LogP contribution in [0.2, 0.25) is 5.02 Å². The van der Waals surface area contributed by atoms with Gasteiger partial charge in [-0.3, -0.25) is 4.90 Å². The van der Waals surface area contributed by atoms with Crippen LogP contribution in [0.25, 0.3) is 0 Å². The Bertz CT molecular complexity index is 558. The topological polar surface area (TPSA) is 12.5 Å². The van der Waals surface area contributed by atoms with Gasteiger partial charge in [0, 0.05) is 23.7 Å². The van der Waals surface area contributed by atoms with E-state index in [1.165, 1.54) is 5.56 Å². The molecule has 2 aromatic carbocycles. The molecule has 1 atom stereocenters. The van der Waals surface area contributed by atoms with Crippen LogP contribution in [0.5, 0.6) is 0 Å². The zero-order chi connectivity index (χ0) is 13.8. The molecule has 1 saturated heterocycles. The number of hydrogen-bond donors (Lipinski definition) is 0. The smallest absolute Gasteiger partial charge is 0.138 e. The number of benzene rings is 2. The van der Waals surface area contributed by atoms with Crippen molar-refractivity contribution in [2.24, 2.45) is 0 Å². The second-order valence-electron chi connectivity index (χ2n) is 5.05. The van der Waals surface area contributed by atoms with E-state index < -0.39 is 0 Å². The van der Waals surface area contributed by atoms with Gasteiger partial charge in [-0.1, -0.05) is 60.1 Å². The van der Waals surface area contributed by atoms with Crippen molar-refractivity contribution in [1.29, 1.82) is 0 Å². The molecule has 104 valence electrons. The highest BCUT2D eigenvalue weighted by atomic mass is 35.5. The molecule has 1 fully saturated rings. The van der Waals surface area contributed by atoms with E-state index in [0.717, 1.165) is 36.7 Å². The Hall–Kier alpha value is -1.35. The third-order valence-corrected chi connectivity index (χ3v) is 3.94. The highest BCUT2D eigenvalue weighted by molar-refractivity contribution is 6.31. The SMILES string of the molecule is Clc1ccccc1C1OCCCN1Cc1ccccc1. The average Bonchev–Trinajstić information content (AvgIpc) is 2.50. The molecule has 3 rings (SSSR count). The van der Waals surface area contributed by atoms with Crippen LogP contribution in [0.3, 0.4) is 0 Å². The third-order valence-electron chi connectivity index (χ3n) is 3.60. The van der Waals surface area contributed by atoms with E-state index in [2.05, 4.69) is 35.2 Å². The van der Waals surface area contributed by atoms with Gasteiger partial charge in [0.05, 0.1) is 6.61 Å². The average molecular weight is 288 g/mol. The number of nitrogens with zero attached hydrogens (tertiary/aromatic N) is 1. The highest BCUT2D eigenvalue weighted by Gasteiger charge is 2.26. The van der Waals surface area contributed by atoms with Crippen LogP contribution in [-0.2, 0) is 11.3 Å². The van der Waals surface area contributed by atoms with E-state index in [-0.39, 0.29) is 6.23 Å². The molecule has 0 radical (unpaired) electrons. The maximum absolute atomic E-state index is 6.32. The molecule has 0 aromatic heterocycles. The molecule has 1 unspecified atom stereocenters. The van der Waals surface area contributed by atoms with Crippen LogP contribution in [0, 0.1) is 0 Å². The summed E-state index contributed by atoms with van der Waals surface area (Å²) in [6, 6.07) is 18.4. The second kappa shape index (κ2) is 6.40. The molecule has 1 heterocycles. The standard InChI is InChI=1S/C17H18ClNO/c18-16-10-5-4-9-15(16)17-19(11-6-12-20-17)13-14-7-2-1-3-8-14/h1-5,7-10,17H,6,11-13H2. The monoisotopic (exact) mass is 287 g/mol. The second-order valence-corrected chi connectivity index (χ2v) is 5.46. The fraction of sp³-hybridized carbons (Fsp3) is 0.294. The summed E-state index contributed by atoms with van der Waals surface area (Å²) in [4.78, 5) is 2.35. The van der Waals surface area contributed by atoms with E-state index in [1.807, 2.05) is 24.3 Å². The van der Waals surface area contributed by atoms with Crippen LogP contribution in [-0.4, -0.2) is 18.1 Å². The molecule has 0 aliphatic carbocycles. The molecule has 3 heteroatoms. The summed E-state index contributed by atoms with van der Waals surface area (Å²) in [5.41, 5.74) is 2.36. The van der Waals surface area contributed by atoms with Gasteiger partial charge in [0.25, 0.3) is 0 Å². The summed E-state index contributed by atoms with van der Waals surface area (Å²) >= 11 is 6.32. The minimum atomic E-state index is -0.0438. The molecule has 0 amide bonds. The van der Waals surface area contributed by atoms with Crippen LogP contribution >= 0.6 is 11.6 Å². The van der Waals surface area contributed by atoms with Crippen molar-refractivity contribution in [3.63, 3.8) is 0 Å². The Kier molecular flexibility index (Phi) is 4.36. The molecule has 0 spiro atoms. The van der Waals surface area contributed by atoms with E-state index >= 15 is 0 Å². The van der Waals surface area contributed by atoms with Gasteiger partial charge in [-0.25, -0.2) is 0 Å². The van der Waals surface area contributed by atoms with E-state index in [4.69, 9.17) is 16.3 Å². The fourth-order valence-electron chi connectivity index (χ4n) is 2.63. The first-order chi connectivity index (χ1) is 9.84. The van der Waals surface area contributed by atoms with E-state index in [1.54, 1.807) is 0 Å². The molecule has 0 bridgehead atoms. The maximum atomic E-state index is 6.32. The van der Waals surface area contributed by atoms with Gasteiger partial charge in [0.15, 0.2) is 0 Å². The van der Waals surface area contributed by atoms with Gasteiger partial charge in [-0.15, -0.1) is 0 Å². The zero-order valence-corrected chi connectivity index (χ0v) is 12.1. The molecule has 1 aliphatic rings. The zero-order valence-electron chi connectivity index (χ0n) is 11.3. The Balaban J connectivity index is 1.83. The van der Waals surface area contributed by atoms with Crippen LogP contribution in [0.15, 0.2) is 54.6 Å². The number of rotatable bonds is 3. The largest absolute Gasteiger partial charge is 0.359 e. The van der Waals surface area contributed by atoms with Gasteiger partial charge >= 0.3 is 0 Å². The van der Waals surface area contributed by atoms with Crippen LogP contribution in [0.1, 0.15) is 23.8 Å². The Labute approximate surface area is 124 Å². The van der Waals surface area contributed by atoms with Crippen molar-refractivity contribution in [2.45, 2.75) is 19.2 Å². The summed E-state index contributed by atoms with van der Waals surface area (Å²) in [7, 11) is 0. The van der Waals surface area contributed by atoms with Crippen molar-refractivity contribution in [2.75, 3.05) is 13.2 Å². The quantitative estimate of drug-likeness (QED) is 0.836. The number of ether oxygens (including phenoxy) is 1. The predicted molar refractivity (Wildman–Crippen MR) is 81.6 cm³/mol. The van der Waals surface area contributed by atoms with Crippen molar-refractivity contribution < 1.29 is 4.74 Å². The van der Waals surface area contributed by atoms with Crippen molar-refractivity contribution >= 4 is 11.6 Å². The van der Waals surface area contributed by atoms with E-state index in [9.17, 15) is 0 Å². The van der Waals surface area contributed by atoms with Crippen molar-refractivity contribution in [3.8, 4) is 0 Å². The number of halogens is 1. The fourth-order valence-corrected chi connectivity index (χ4v) is 2.86. The first-order valence-electron chi connectivity index (χ1n) is 6.98. The van der Waals surface area contributed by atoms with Gasteiger partial charge in [-0.2, -0.15) is 0 Å². The molecule has 2 nitrogen and oxygen atoms in total. The lowest BCUT2D eigenvalue weighted by Gasteiger charge is -2.36. The minimum Gasteiger partial charge on any atom is -0.359 e. The Morgan fingerprint density at radius 2 is 1.80 bits per heavy atom. The Morgan fingerprint density at radius 3 is 2.60 bits per heavy atom. The summed E-state index contributed by atoms with van der Waals surface area (Å²) in [5, 5.41) is 0.775. The highest BCUT2D eigenvalue weighted by Crippen LogP contribution is 2.32. The normalized spacial score (nSPS) is 19.9. The van der Waals surface area contributed by atoms with Gasteiger partial charge in [0.2, 0.25) is 0 Å². The van der Waals surface area contributed by atoms with E-state index in [0.29, 0.717) is 0 Å². The first-order valence-corrected chi connectivity index (χ1v) is 7.36. The lowest BCUT2D eigenvalue weighted by atomic mass is 10.1. The lowest BCUT2D eigenvalue weighted by Crippen LogP contribution is -2.36. The van der Waals surface area contributed by atoms with Gasteiger partial charge in [0.1, 0.15) is 6.23 Å². The van der Waals surface area contributed by atoms with Gasteiger partial charge < -0.3 is 4.74 Å². The number of hydrogen-bond acceptors (Lipinski definition) is 2. The third kappa shape index (κ3) is 3.04. The molecule has 0 N–H and O–H groups in total. The summed E-state index contributed by atoms with van der Waals surface area (Å²) in [5.74, 6) is 0. The Morgan fingerprint density at radius 1 is 1.05 bits per heavy atom. The molecule has 0 saturated carbocycles. The first kappa shape index (κ1) is 13.6. The van der Waals surface area contributed by atoms with Crippen molar-refractivity contribution in [3.05, 3.63) is 70.7 Å².